The van der Waals surface area contributed by atoms with Gasteiger partial charge in [0.05, 0.1) is 5.39 Å². The normalized spacial score (nSPS) is 19.9. The SMILES string of the molecule is CCNc1nc(N(C)C2CCCN(C)C2)c2ccsc2n1. The summed E-state index contributed by atoms with van der Waals surface area (Å²) in [6.45, 7) is 5.21. The monoisotopic (exact) mass is 305 g/mol. The molecule has 1 aliphatic heterocycles. The maximum absolute atomic E-state index is 4.75. The molecule has 0 aliphatic carbocycles. The highest BCUT2D eigenvalue weighted by molar-refractivity contribution is 7.16. The van der Waals surface area contributed by atoms with E-state index in [2.05, 4.69) is 52.6 Å². The fourth-order valence-electron chi connectivity index (χ4n) is 2.97. The molecular formula is C15H23N5S. The third kappa shape index (κ3) is 2.96. The van der Waals surface area contributed by atoms with Gasteiger partial charge in [-0.25, -0.2) is 4.98 Å². The van der Waals surface area contributed by atoms with E-state index >= 15 is 0 Å². The van der Waals surface area contributed by atoms with Gasteiger partial charge in [0.25, 0.3) is 0 Å². The Hall–Kier alpha value is -1.40. The largest absolute Gasteiger partial charge is 0.355 e. The summed E-state index contributed by atoms with van der Waals surface area (Å²) in [6.07, 6.45) is 2.48. The molecule has 0 aromatic carbocycles. The van der Waals surface area contributed by atoms with E-state index < -0.39 is 0 Å². The van der Waals surface area contributed by atoms with Gasteiger partial charge in [0.1, 0.15) is 10.6 Å². The van der Waals surface area contributed by atoms with Crippen LogP contribution in [-0.2, 0) is 0 Å². The van der Waals surface area contributed by atoms with E-state index in [-0.39, 0.29) is 0 Å². The van der Waals surface area contributed by atoms with Gasteiger partial charge in [-0.3, -0.25) is 0 Å². The van der Waals surface area contributed by atoms with Crippen molar-refractivity contribution >= 4 is 33.3 Å². The molecule has 1 fully saturated rings. The van der Waals surface area contributed by atoms with Gasteiger partial charge in [-0.15, -0.1) is 11.3 Å². The number of hydrogen-bond donors (Lipinski definition) is 1. The average Bonchev–Trinajstić information content (AvgIpc) is 2.94. The average molecular weight is 305 g/mol. The summed E-state index contributed by atoms with van der Waals surface area (Å²) in [5, 5.41) is 6.50. The highest BCUT2D eigenvalue weighted by Gasteiger charge is 2.24. The lowest BCUT2D eigenvalue weighted by Gasteiger charge is -2.36. The molecule has 2 aromatic rings. The molecular weight excluding hydrogens is 282 g/mol. The second-order valence-corrected chi connectivity index (χ2v) is 6.60. The van der Waals surface area contributed by atoms with Crippen LogP contribution in [0, 0.1) is 0 Å². The van der Waals surface area contributed by atoms with Crippen LogP contribution in [0.5, 0.6) is 0 Å². The van der Waals surface area contributed by atoms with Crippen molar-refractivity contribution in [2.45, 2.75) is 25.8 Å². The van der Waals surface area contributed by atoms with E-state index in [1.165, 1.54) is 19.4 Å². The molecule has 1 N–H and O–H groups in total. The number of likely N-dealkylation sites (N-methyl/N-ethyl adjacent to an activating group) is 2. The lowest BCUT2D eigenvalue weighted by Crippen LogP contribution is -2.45. The predicted molar refractivity (Wildman–Crippen MR) is 90.5 cm³/mol. The second kappa shape index (κ2) is 6.15. The predicted octanol–water partition coefficient (Wildman–Crippen LogP) is 2.65. The molecule has 5 nitrogen and oxygen atoms in total. The minimum atomic E-state index is 0.524. The van der Waals surface area contributed by atoms with E-state index in [1.807, 2.05) is 0 Å². The number of rotatable bonds is 4. The molecule has 0 radical (unpaired) electrons. The third-order valence-corrected chi connectivity index (χ3v) is 4.93. The van der Waals surface area contributed by atoms with Gasteiger partial charge in [-0.1, -0.05) is 0 Å². The Labute approximate surface area is 130 Å². The first-order valence-electron chi connectivity index (χ1n) is 7.59. The molecule has 1 atom stereocenters. The first-order valence-corrected chi connectivity index (χ1v) is 8.47. The topological polar surface area (TPSA) is 44.3 Å². The molecule has 0 bridgehead atoms. The number of anilines is 2. The fraction of sp³-hybridized carbons (Fsp3) is 0.600. The lowest BCUT2D eigenvalue weighted by atomic mass is 10.0. The van der Waals surface area contributed by atoms with Crippen molar-refractivity contribution in [3.63, 3.8) is 0 Å². The summed E-state index contributed by atoms with van der Waals surface area (Å²) in [6, 6.07) is 2.66. The number of nitrogens with zero attached hydrogens (tertiary/aromatic N) is 4. The van der Waals surface area contributed by atoms with E-state index in [4.69, 9.17) is 4.98 Å². The van der Waals surface area contributed by atoms with Crippen molar-refractivity contribution in [1.82, 2.24) is 14.9 Å². The maximum atomic E-state index is 4.75. The molecule has 6 heteroatoms. The van der Waals surface area contributed by atoms with Gasteiger partial charge < -0.3 is 15.1 Å². The van der Waals surface area contributed by atoms with Gasteiger partial charge in [-0.2, -0.15) is 4.98 Å². The number of aromatic nitrogens is 2. The zero-order chi connectivity index (χ0) is 14.8. The Morgan fingerprint density at radius 2 is 2.33 bits per heavy atom. The smallest absolute Gasteiger partial charge is 0.226 e. The Morgan fingerprint density at radius 1 is 1.48 bits per heavy atom. The number of hydrogen-bond acceptors (Lipinski definition) is 6. The molecule has 3 heterocycles. The van der Waals surface area contributed by atoms with Crippen LogP contribution in [-0.4, -0.2) is 54.6 Å². The van der Waals surface area contributed by atoms with E-state index in [1.54, 1.807) is 11.3 Å². The Bertz CT molecular complexity index is 611. The molecule has 1 unspecified atom stereocenters. The lowest BCUT2D eigenvalue weighted by molar-refractivity contribution is 0.247. The van der Waals surface area contributed by atoms with E-state index in [0.717, 1.165) is 35.1 Å². The first-order chi connectivity index (χ1) is 10.2. The maximum Gasteiger partial charge on any atom is 0.226 e. The molecule has 114 valence electrons. The molecule has 2 aromatic heterocycles. The summed E-state index contributed by atoms with van der Waals surface area (Å²) < 4.78 is 0. The minimum absolute atomic E-state index is 0.524. The highest BCUT2D eigenvalue weighted by atomic mass is 32.1. The Balaban J connectivity index is 1.95. The van der Waals surface area contributed by atoms with Gasteiger partial charge >= 0.3 is 0 Å². The standard InChI is InChI=1S/C15H23N5S/c1-4-16-15-17-13(12-7-9-21-14(12)18-15)20(3)11-6-5-8-19(2)10-11/h7,9,11H,4-6,8,10H2,1-3H3,(H,16,17,18). The quantitative estimate of drug-likeness (QED) is 0.941. The molecule has 21 heavy (non-hydrogen) atoms. The molecule has 3 rings (SSSR count). The van der Waals surface area contributed by atoms with Gasteiger partial charge in [-0.05, 0) is 44.8 Å². The molecule has 0 spiro atoms. The summed E-state index contributed by atoms with van der Waals surface area (Å²) >= 11 is 1.68. The van der Waals surface area contributed by atoms with E-state index in [9.17, 15) is 0 Å². The number of nitrogens with one attached hydrogen (secondary N) is 1. The van der Waals surface area contributed by atoms with E-state index in [0.29, 0.717) is 6.04 Å². The van der Waals surface area contributed by atoms with Crippen LogP contribution in [0.4, 0.5) is 11.8 Å². The van der Waals surface area contributed by atoms with Crippen molar-refractivity contribution in [2.24, 2.45) is 0 Å². The second-order valence-electron chi connectivity index (χ2n) is 5.71. The van der Waals surface area contributed by atoms with Crippen molar-refractivity contribution in [3.05, 3.63) is 11.4 Å². The summed E-state index contributed by atoms with van der Waals surface area (Å²) in [4.78, 5) is 15.1. The van der Waals surface area contributed by atoms with Gasteiger partial charge in [0, 0.05) is 26.2 Å². The number of likely N-dealkylation sites (tertiary alicyclic amines) is 1. The van der Waals surface area contributed by atoms with Crippen LogP contribution in [0.1, 0.15) is 19.8 Å². The number of thiophene rings is 1. The number of fused-ring (bicyclic) bond motifs is 1. The van der Waals surface area contributed by atoms with Crippen LogP contribution in [0.2, 0.25) is 0 Å². The molecule has 0 saturated carbocycles. The summed E-state index contributed by atoms with van der Waals surface area (Å²) in [5.41, 5.74) is 0. The fourth-order valence-corrected chi connectivity index (χ4v) is 3.73. The summed E-state index contributed by atoms with van der Waals surface area (Å²) in [5.74, 6) is 1.79. The Morgan fingerprint density at radius 3 is 3.10 bits per heavy atom. The van der Waals surface area contributed by atoms with Crippen LogP contribution in [0.3, 0.4) is 0 Å². The number of piperidine rings is 1. The Kier molecular flexibility index (Phi) is 4.26. The third-order valence-electron chi connectivity index (χ3n) is 4.12. The first kappa shape index (κ1) is 14.5. The van der Waals surface area contributed by atoms with Crippen LogP contribution < -0.4 is 10.2 Å². The zero-order valence-electron chi connectivity index (χ0n) is 13.0. The minimum Gasteiger partial charge on any atom is -0.355 e. The van der Waals surface area contributed by atoms with Gasteiger partial charge in [0.15, 0.2) is 0 Å². The van der Waals surface area contributed by atoms with Gasteiger partial charge in [0.2, 0.25) is 5.95 Å². The summed E-state index contributed by atoms with van der Waals surface area (Å²) in [7, 11) is 4.36. The van der Waals surface area contributed by atoms with Crippen molar-refractivity contribution < 1.29 is 0 Å². The highest BCUT2D eigenvalue weighted by Crippen LogP contribution is 2.30. The van der Waals surface area contributed by atoms with Crippen LogP contribution in [0.15, 0.2) is 11.4 Å². The molecule has 1 aliphatic rings. The molecule has 1 saturated heterocycles. The molecule has 0 amide bonds. The zero-order valence-corrected chi connectivity index (χ0v) is 13.8. The van der Waals surface area contributed by atoms with Crippen LogP contribution >= 0.6 is 11.3 Å². The van der Waals surface area contributed by atoms with Crippen molar-refractivity contribution in [2.75, 3.05) is 43.9 Å². The van der Waals surface area contributed by atoms with Crippen molar-refractivity contribution in [3.8, 4) is 0 Å². The van der Waals surface area contributed by atoms with Crippen molar-refractivity contribution in [1.29, 1.82) is 0 Å². The van der Waals surface area contributed by atoms with Crippen LogP contribution in [0.25, 0.3) is 10.2 Å².